The van der Waals surface area contributed by atoms with Gasteiger partial charge in [-0.1, -0.05) is 18.7 Å². The summed E-state index contributed by atoms with van der Waals surface area (Å²) in [6, 6.07) is 0.399. The lowest BCUT2D eigenvalue weighted by atomic mass is 10.4. The number of hydrogen-bond acceptors (Lipinski definition) is 4. The van der Waals surface area contributed by atoms with Crippen molar-refractivity contribution >= 4 is 17.7 Å². The van der Waals surface area contributed by atoms with Gasteiger partial charge in [0.1, 0.15) is 0 Å². The van der Waals surface area contributed by atoms with Crippen molar-refractivity contribution in [2.45, 2.75) is 32.0 Å². The van der Waals surface area contributed by atoms with Crippen molar-refractivity contribution in [3.05, 3.63) is 0 Å². The minimum atomic E-state index is 0.399. The Labute approximate surface area is 89.7 Å². The van der Waals surface area contributed by atoms with Crippen LogP contribution < -0.4 is 4.90 Å². The van der Waals surface area contributed by atoms with Crippen LogP contribution in [0.4, 0.5) is 5.95 Å². The molecule has 0 radical (unpaired) electrons. The van der Waals surface area contributed by atoms with Crippen LogP contribution in [0.3, 0.4) is 0 Å². The highest BCUT2D eigenvalue weighted by Gasteiger charge is 2.15. The van der Waals surface area contributed by atoms with Crippen molar-refractivity contribution in [3.63, 3.8) is 0 Å². The topological polar surface area (TPSA) is 34.0 Å². The van der Waals surface area contributed by atoms with E-state index in [0.717, 1.165) is 16.9 Å². The lowest BCUT2D eigenvalue weighted by Crippen LogP contribution is -2.17. The standard InChI is InChI=1S/C9H18N4S/c1-6-14-9-11-10-8(12(4)5)13(9)7(2)3/h7H,6H2,1-5H3. The van der Waals surface area contributed by atoms with Gasteiger partial charge in [-0.3, -0.25) is 4.57 Å². The molecule has 14 heavy (non-hydrogen) atoms. The van der Waals surface area contributed by atoms with E-state index in [1.54, 1.807) is 11.8 Å². The van der Waals surface area contributed by atoms with E-state index in [-0.39, 0.29) is 0 Å². The maximum atomic E-state index is 4.18. The highest BCUT2D eigenvalue weighted by molar-refractivity contribution is 7.99. The Kier molecular flexibility index (Phi) is 3.80. The first kappa shape index (κ1) is 11.4. The fraction of sp³-hybridized carbons (Fsp3) is 0.778. The summed E-state index contributed by atoms with van der Waals surface area (Å²) in [5.74, 6) is 1.95. The van der Waals surface area contributed by atoms with Crippen LogP contribution in [0.1, 0.15) is 26.8 Å². The first-order valence-corrected chi connectivity index (χ1v) is 5.81. The summed E-state index contributed by atoms with van der Waals surface area (Å²) in [5.41, 5.74) is 0. The van der Waals surface area contributed by atoms with Crippen LogP contribution in [0.15, 0.2) is 5.16 Å². The predicted molar refractivity (Wildman–Crippen MR) is 61.1 cm³/mol. The first-order valence-electron chi connectivity index (χ1n) is 4.83. The summed E-state index contributed by atoms with van der Waals surface area (Å²) in [7, 11) is 3.98. The maximum absolute atomic E-state index is 4.18. The third-order valence-corrected chi connectivity index (χ3v) is 2.66. The van der Waals surface area contributed by atoms with Gasteiger partial charge in [-0.15, -0.1) is 10.2 Å². The van der Waals surface area contributed by atoms with Gasteiger partial charge in [0.2, 0.25) is 5.95 Å². The van der Waals surface area contributed by atoms with E-state index >= 15 is 0 Å². The second kappa shape index (κ2) is 4.68. The van der Waals surface area contributed by atoms with E-state index < -0.39 is 0 Å². The Morgan fingerprint density at radius 3 is 2.43 bits per heavy atom. The SMILES string of the molecule is CCSc1nnc(N(C)C)n1C(C)C. The number of anilines is 1. The molecule has 0 spiro atoms. The Morgan fingerprint density at radius 1 is 1.36 bits per heavy atom. The van der Waals surface area contributed by atoms with Crippen LogP contribution in [0.2, 0.25) is 0 Å². The van der Waals surface area contributed by atoms with Crippen molar-refractivity contribution in [1.82, 2.24) is 14.8 Å². The molecule has 1 aromatic rings. The number of thioether (sulfide) groups is 1. The summed E-state index contributed by atoms with van der Waals surface area (Å²) in [5, 5.41) is 9.36. The van der Waals surface area contributed by atoms with E-state index in [9.17, 15) is 0 Å². The third-order valence-electron chi connectivity index (χ3n) is 1.84. The predicted octanol–water partition coefficient (Wildman–Crippen LogP) is 2.04. The lowest BCUT2D eigenvalue weighted by Gasteiger charge is -2.17. The van der Waals surface area contributed by atoms with Gasteiger partial charge < -0.3 is 4.90 Å². The minimum Gasteiger partial charge on any atom is -0.347 e. The van der Waals surface area contributed by atoms with Crippen LogP contribution in [-0.2, 0) is 0 Å². The molecule has 0 bridgehead atoms. The Morgan fingerprint density at radius 2 is 2.00 bits per heavy atom. The van der Waals surface area contributed by atoms with Crippen molar-refractivity contribution in [2.75, 3.05) is 24.7 Å². The van der Waals surface area contributed by atoms with Gasteiger partial charge in [-0.2, -0.15) is 0 Å². The zero-order valence-electron chi connectivity index (χ0n) is 9.48. The second-order valence-corrected chi connectivity index (χ2v) is 4.80. The van der Waals surface area contributed by atoms with Crippen molar-refractivity contribution in [2.24, 2.45) is 0 Å². The highest BCUT2D eigenvalue weighted by atomic mass is 32.2. The Hall–Kier alpha value is -0.710. The van der Waals surface area contributed by atoms with Crippen LogP contribution in [-0.4, -0.2) is 34.6 Å². The van der Waals surface area contributed by atoms with Gasteiger partial charge in [-0.25, -0.2) is 0 Å². The molecule has 0 aliphatic rings. The van der Waals surface area contributed by atoms with E-state index in [1.165, 1.54) is 0 Å². The number of rotatable bonds is 4. The molecular weight excluding hydrogens is 196 g/mol. The quantitative estimate of drug-likeness (QED) is 0.718. The van der Waals surface area contributed by atoms with Gasteiger partial charge in [0.25, 0.3) is 0 Å². The molecule has 0 saturated heterocycles. The maximum Gasteiger partial charge on any atom is 0.227 e. The molecule has 5 heteroatoms. The fourth-order valence-corrected chi connectivity index (χ4v) is 2.04. The Balaban J connectivity index is 3.07. The first-order chi connectivity index (χ1) is 6.57. The number of hydrogen-bond donors (Lipinski definition) is 0. The smallest absolute Gasteiger partial charge is 0.227 e. The molecule has 1 heterocycles. The summed E-state index contributed by atoms with van der Waals surface area (Å²) in [6.07, 6.45) is 0. The van der Waals surface area contributed by atoms with Gasteiger partial charge in [0.15, 0.2) is 5.16 Å². The van der Waals surface area contributed by atoms with E-state index in [1.807, 2.05) is 19.0 Å². The van der Waals surface area contributed by atoms with Crippen LogP contribution in [0.25, 0.3) is 0 Å². The van der Waals surface area contributed by atoms with Crippen molar-refractivity contribution in [3.8, 4) is 0 Å². The molecular formula is C9H18N4S. The molecule has 80 valence electrons. The van der Waals surface area contributed by atoms with Crippen LogP contribution in [0.5, 0.6) is 0 Å². The molecule has 0 aliphatic heterocycles. The third kappa shape index (κ3) is 2.20. The van der Waals surface area contributed by atoms with Crippen LogP contribution >= 0.6 is 11.8 Å². The molecule has 0 amide bonds. The van der Waals surface area contributed by atoms with Gasteiger partial charge in [-0.05, 0) is 19.6 Å². The summed E-state index contributed by atoms with van der Waals surface area (Å²) in [6.45, 7) is 6.42. The van der Waals surface area contributed by atoms with Gasteiger partial charge in [0, 0.05) is 20.1 Å². The summed E-state index contributed by atoms with van der Waals surface area (Å²) in [4.78, 5) is 1.99. The van der Waals surface area contributed by atoms with E-state index in [2.05, 4.69) is 35.5 Å². The molecule has 0 unspecified atom stereocenters. The van der Waals surface area contributed by atoms with E-state index in [4.69, 9.17) is 0 Å². The Bertz CT molecular complexity index is 293. The molecule has 0 N–H and O–H groups in total. The lowest BCUT2D eigenvalue weighted by molar-refractivity contribution is 0.549. The summed E-state index contributed by atoms with van der Waals surface area (Å²) >= 11 is 1.73. The average molecular weight is 214 g/mol. The zero-order chi connectivity index (χ0) is 10.7. The minimum absolute atomic E-state index is 0.399. The van der Waals surface area contributed by atoms with Crippen molar-refractivity contribution < 1.29 is 0 Å². The number of nitrogens with zero attached hydrogens (tertiary/aromatic N) is 4. The van der Waals surface area contributed by atoms with E-state index in [0.29, 0.717) is 6.04 Å². The highest BCUT2D eigenvalue weighted by Crippen LogP contribution is 2.24. The number of aromatic nitrogens is 3. The fourth-order valence-electron chi connectivity index (χ4n) is 1.25. The van der Waals surface area contributed by atoms with Gasteiger partial charge in [0.05, 0.1) is 0 Å². The van der Waals surface area contributed by atoms with Gasteiger partial charge >= 0.3 is 0 Å². The molecule has 0 atom stereocenters. The molecule has 1 rings (SSSR count). The molecule has 0 fully saturated rings. The molecule has 0 saturated carbocycles. The molecule has 0 aromatic carbocycles. The second-order valence-electron chi connectivity index (χ2n) is 3.57. The summed E-state index contributed by atoms with van der Waals surface area (Å²) < 4.78 is 2.16. The molecule has 0 aliphatic carbocycles. The monoisotopic (exact) mass is 214 g/mol. The molecule has 1 aromatic heterocycles. The normalized spacial score (nSPS) is 11.0. The average Bonchev–Trinajstić information content (AvgIpc) is 2.48. The largest absolute Gasteiger partial charge is 0.347 e. The van der Waals surface area contributed by atoms with Crippen LogP contribution in [0, 0.1) is 0 Å². The van der Waals surface area contributed by atoms with Crippen molar-refractivity contribution in [1.29, 1.82) is 0 Å². The molecule has 4 nitrogen and oxygen atoms in total. The zero-order valence-corrected chi connectivity index (χ0v) is 10.3.